The largest absolute Gasteiger partial charge is 0.493 e. The molecule has 2 aromatic rings. The number of nitriles is 1. The predicted octanol–water partition coefficient (Wildman–Crippen LogP) is 3.01. The van der Waals surface area contributed by atoms with Crippen LogP contribution < -0.4 is 19.5 Å². The third kappa shape index (κ3) is 3.49. The topological polar surface area (TPSA) is 89.8 Å². The summed E-state index contributed by atoms with van der Waals surface area (Å²) in [5.41, 5.74) is 1.83. The highest BCUT2D eigenvalue weighted by Gasteiger charge is 2.27. The third-order valence-corrected chi connectivity index (χ3v) is 3.86. The molecule has 7 heteroatoms. The quantitative estimate of drug-likeness (QED) is 0.798. The minimum Gasteiger partial charge on any atom is -0.493 e. The molecule has 7 nitrogen and oxygen atoms in total. The Morgan fingerprint density at radius 1 is 1.31 bits per heavy atom. The van der Waals surface area contributed by atoms with Crippen molar-refractivity contribution in [3.63, 3.8) is 0 Å². The number of nitrogens with zero attached hydrogens (tertiary/aromatic N) is 1. The van der Waals surface area contributed by atoms with Crippen LogP contribution in [-0.4, -0.2) is 26.5 Å². The van der Waals surface area contributed by atoms with E-state index in [4.69, 9.17) is 24.2 Å². The summed E-state index contributed by atoms with van der Waals surface area (Å²) in [6, 6.07) is 11.5. The van der Waals surface area contributed by atoms with Gasteiger partial charge in [0.2, 0.25) is 12.5 Å². The number of benzene rings is 2. The van der Waals surface area contributed by atoms with Gasteiger partial charge in [0.1, 0.15) is 0 Å². The van der Waals surface area contributed by atoms with E-state index in [9.17, 15) is 4.79 Å². The fourth-order valence-corrected chi connectivity index (χ4v) is 2.63. The van der Waals surface area contributed by atoms with Gasteiger partial charge in [0.25, 0.3) is 0 Å². The second-order valence-corrected chi connectivity index (χ2v) is 5.48. The molecule has 1 aliphatic heterocycles. The molecule has 0 amide bonds. The van der Waals surface area contributed by atoms with Crippen molar-refractivity contribution in [2.75, 3.05) is 25.8 Å². The number of hydrogen-bond acceptors (Lipinski definition) is 7. The summed E-state index contributed by atoms with van der Waals surface area (Å²) in [5.74, 6) is 1.07. The zero-order valence-corrected chi connectivity index (χ0v) is 14.4. The Balaban J connectivity index is 1.96. The number of hydrogen-bond donors (Lipinski definition) is 1. The van der Waals surface area contributed by atoms with Crippen molar-refractivity contribution >= 4 is 11.7 Å². The van der Waals surface area contributed by atoms with Crippen LogP contribution in [0.5, 0.6) is 17.2 Å². The van der Waals surface area contributed by atoms with Gasteiger partial charge in [-0.3, -0.25) is 0 Å². The second-order valence-electron chi connectivity index (χ2n) is 5.48. The molecular formula is C19H18N2O5. The zero-order chi connectivity index (χ0) is 18.5. The van der Waals surface area contributed by atoms with Crippen molar-refractivity contribution < 1.29 is 23.7 Å². The minimum absolute atomic E-state index is 0.0995. The molecule has 1 aliphatic rings. The predicted molar refractivity (Wildman–Crippen MR) is 93.3 cm³/mol. The van der Waals surface area contributed by atoms with Crippen molar-refractivity contribution in [2.24, 2.45) is 0 Å². The first-order valence-electron chi connectivity index (χ1n) is 8.07. The zero-order valence-electron chi connectivity index (χ0n) is 14.4. The molecule has 1 atom stereocenters. The fourth-order valence-electron chi connectivity index (χ4n) is 2.63. The van der Waals surface area contributed by atoms with Gasteiger partial charge < -0.3 is 24.3 Å². The van der Waals surface area contributed by atoms with Gasteiger partial charge in [0, 0.05) is 5.69 Å². The Kier molecular flexibility index (Phi) is 5.13. The van der Waals surface area contributed by atoms with E-state index >= 15 is 0 Å². The lowest BCUT2D eigenvalue weighted by Gasteiger charge is -2.20. The van der Waals surface area contributed by atoms with Gasteiger partial charge >= 0.3 is 5.97 Å². The third-order valence-electron chi connectivity index (χ3n) is 3.86. The van der Waals surface area contributed by atoms with Gasteiger partial charge in [0.05, 0.1) is 25.3 Å². The number of carbonyl (C=O) groups excluding carboxylic acids is 1. The van der Waals surface area contributed by atoms with Crippen LogP contribution in [0.15, 0.2) is 36.4 Å². The standard InChI is InChI=1S/C19H18N2O5/c1-3-24-19(22)17(21-14-6-4-12(10-20)5-7-14)13-8-15(23-2)18-16(9-13)25-11-26-18/h4-9,17,21H,3,11H2,1-2H3. The highest BCUT2D eigenvalue weighted by atomic mass is 16.7. The minimum atomic E-state index is -0.772. The molecule has 0 spiro atoms. The lowest BCUT2D eigenvalue weighted by Crippen LogP contribution is -2.23. The first kappa shape index (κ1) is 17.4. The van der Waals surface area contributed by atoms with E-state index < -0.39 is 12.0 Å². The number of anilines is 1. The fraction of sp³-hybridized carbons (Fsp3) is 0.263. The number of nitrogens with one attached hydrogen (secondary N) is 1. The highest BCUT2D eigenvalue weighted by Crippen LogP contribution is 2.43. The van der Waals surface area contributed by atoms with Gasteiger partial charge in [-0.15, -0.1) is 0 Å². The first-order valence-corrected chi connectivity index (χ1v) is 8.07. The number of methoxy groups -OCH3 is 1. The average molecular weight is 354 g/mol. The number of esters is 1. The van der Waals surface area contributed by atoms with Crippen LogP contribution in [0.4, 0.5) is 5.69 Å². The second kappa shape index (κ2) is 7.66. The first-order chi connectivity index (χ1) is 12.7. The molecule has 0 aromatic heterocycles. The summed E-state index contributed by atoms with van der Waals surface area (Å²) in [7, 11) is 1.52. The molecule has 134 valence electrons. The Bertz CT molecular complexity index is 842. The molecule has 0 radical (unpaired) electrons. The molecule has 0 saturated carbocycles. The van der Waals surface area contributed by atoms with Gasteiger partial charge in [0.15, 0.2) is 17.5 Å². The number of ether oxygens (including phenoxy) is 4. The van der Waals surface area contributed by atoms with Crippen molar-refractivity contribution in [1.82, 2.24) is 0 Å². The summed E-state index contributed by atoms with van der Waals surface area (Å²) in [6.07, 6.45) is 0. The summed E-state index contributed by atoms with van der Waals surface area (Å²) >= 11 is 0. The number of rotatable bonds is 6. The molecule has 0 aliphatic carbocycles. The van der Waals surface area contributed by atoms with Crippen LogP contribution in [0, 0.1) is 11.3 Å². The van der Waals surface area contributed by atoms with E-state index in [1.54, 1.807) is 43.3 Å². The molecular weight excluding hydrogens is 336 g/mol. The Hall–Kier alpha value is -3.40. The van der Waals surface area contributed by atoms with Crippen molar-refractivity contribution in [3.05, 3.63) is 47.5 Å². The Morgan fingerprint density at radius 2 is 2.08 bits per heavy atom. The van der Waals surface area contributed by atoms with Gasteiger partial charge in [-0.1, -0.05) is 0 Å². The van der Waals surface area contributed by atoms with Gasteiger partial charge in [-0.2, -0.15) is 5.26 Å². The summed E-state index contributed by atoms with van der Waals surface area (Å²) < 4.78 is 21.4. The van der Waals surface area contributed by atoms with Gasteiger partial charge in [-0.25, -0.2) is 4.79 Å². The lowest BCUT2D eigenvalue weighted by molar-refractivity contribution is -0.144. The SMILES string of the molecule is CCOC(=O)C(Nc1ccc(C#N)cc1)c1cc(OC)c2c(c1)OCO2. The van der Waals surface area contributed by atoms with Crippen LogP contribution in [0.25, 0.3) is 0 Å². The van der Waals surface area contributed by atoms with E-state index in [1.165, 1.54) is 7.11 Å². The number of fused-ring (bicyclic) bond motifs is 1. The average Bonchev–Trinajstić information content (AvgIpc) is 3.14. The molecule has 3 rings (SSSR count). The van der Waals surface area contributed by atoms with E-state index in [0.717, 1.165) is 0 Å². The highest BCUT2D eigenvalue weighted by molar-refractivity contribution is 5.82. The molecule has 1 heterocycles. The van der Waals surface area contributed by atoms with Crippen molar-refractivity contribution in [2.45, 2.75) is 13.0 Å². The van der Waals surface area contributed by atoms with Crippen molar-refractivity contribution in [3.8, 4) is 23.3 Å². The maximum Gasteiger partial charge on any atom is 0.333 e. The van der Waals surface area contributed by atoms with E-state index in [0.29, 0.717) is 34.1 Å². The monoisotopic (exact) mass is 354 g/mol. The van der Waals surface area contributed by atoms with E-state index in [2.05, 4.69) is 11.4 Å². The smallest absolute Gasteiger partial charge is 0.333 e. The van der Waals surface area contributed by atoms with E-state index in [-0.39, 0.29) is 13.4 Å². The van der Waals surface area contributed by atoms with Crippen LogP contribution in [0.1, 0.15) is 24.1 Å². The maximum atomic E-state index is 12.5. The van der Waals surface area contributed by atoms with Crippen LogP contribution in [-0.2, 0) is 9.53 Å². The molecule has 0 bridgehead atoms. The summed E-state index contributed by atoms with van der Waals surface area (Å²) in [4.78, 5) is 12.5. The molecule has 0 saturated heterocycles. The lowest BCUT2D eigenvalue weighted by atomic mass is 10.0. The normalized spacial score (nSPS) is 12.8. The maximum absolute atomic E-state index is 12.5. The van der Waals surface area contributed by atoms with E-state index in [1.807, 2.05) is 0 Å². The Labute approximate surface area is 151 Å². The van der Waals surface area contributed by atoms with Crippen molar-refractivity contribution in [1.29, 1.82) is 5.26 Å². The molecule has 2 aromatic carbocycles. The van der Waals surface area contributed by atoms with Crippen LogP contribution in [0.3, 0.4) is 0 Å². The van der Waals surface area contributed by atoms with Crippen LogP contribution in [0.2, 0.25) is 0 Å². The number of carbonyl (C=O) groups is 1. The Morgan fingerprint density at radius 3 is 2.73 bits per heavy atom. The van der Waals surface area contributed by atoms with Gasteiger partial charge in [-0.05, 0) is 48.9 Å². The van der Waals surface area contributed by atoms with Crippen LogP contribution >= 0.6 is 0 Å². The molecule has 0 fully saturated rings. The molecule has 1 unspecified atom stereocenters. The summed E-state index contributed by atoms with van der Waals surface area (Å²) in [6.45, 7) is 2.10. The molecule has 26 heavy (non-hydrogen) atoms. The summed E-state index contributed by atoms with van der Waals surface area (Å²) in [5, 5.41) is 12.0. The molecule has 1 N–H and O–H groups in total.